The fourth-order valence-corrected chi connectivity index (χ4v) is 3.14. The summed E-state index contributed by atoms with van der Waals surface area (Å²) in [5.74, 6) is 1.07. The Labute approximate surface area is 136 Å². The standard InChI is InChI=1S/C15H19ClN2O3S/c1-9(8-22(3)20)17-15(19)18-10(2)14-7-11-6-12(16)4-5-13(11)21-14/h4-7,9-10H,8H2,1-3H3,(H2,17,18,19)/t9-,10-,22+/m1/s1. The zero-order chi connectivity index (χ0) is 16.3. The summed E-state index contributed by atoms with van der Waals surface area (Å²) in [5, 5.41) is 7.08. The van der Waals surface area contributed by atoms with E-state index in [-0.39, 0.29) is 18.1 Å². The SMILES string of the molecule is C[C@H](C[S@](C)=O)NC(=O)N[C@H](C)c1cc2cc(Cl)ccc2o1. The first kappa shape index (κ1) is 16.8. The highest BCUT2D eigenvalue weighted by Crippen LogP contribution is 2.26. The first-order valence-electron chi connectivity index (χ1n) is 6.91. The number of benzene rings is 1. The Bertz CT molecular complexity index is 701. The van der Waals surface area contributed by atoms with E-state index in [9.17, 15) is 9.00 Å². The highest BCUT2D eigenvalue weighted by Gasteiger charge is 2.16. The van der Waals surface area contributed by atoms with Gasteiger partial charge in [0, 0.05) is 39.3 Å². The lowest BCUT2D eigenvalue weighted by Crippen LogP contribution is -2.43. The second-order valence-corrected chi connectivity index (χ2v) is 7.23. The summed E-state index contributed by atoms with van der Waals surface area (Å²) < 4.78 is 16.8. The lowest BCUT2D eigenvalue weighted by atomic mass is 10.2. The van der Waals surface area contributed by atoms with Crippen LogP contribution >= 0.6 is 11.6 Å². The third kappa shape index (κ3) is 4.48. The molecule has 0 aliphatic carbocycles. The summed E-state index contributed by atoms with van der Waals surface area (Å²) in [6, 6.07) is 6.47. The molecular weight excluding hydrogens is 324 g/mol. The van der Waals surface area contributed by atoms with Crippen molar-refractivity contribution in [1.29, 1.82) is 0 Å². The molecule has 0 saturated carbocycles. The molecule has 0 fully saturated rings. The lowest BCUT2D eigenvalue weighted by molar-refractivity contribution is 0.234. The van der Waals surface area contributed by atoms with Crippen molar-refractivity contribution in [1.82, 2.24) is 10.6 Å². The van der Waals surface area contributed by atoms with Gasteiger partial charge in [-0.05, 0) is 38.1 Å². The molecule has 0 aliphatic rings. The first-order chi connectivity index (χ1) is 10.3. The quantitative estimate of drug-likeness (QED) is 0.876. The molecule has 22 heavy (non-hydrogen) atoms. The van der Waals surface area contributed by atoms with Gasteiger partial charge in [0.2, 0.25) is 0 Å². The van der Waals surface area contributed by atoms with Gasteiger partial charge in [-0.2, -0.15) is 0 Å². The summed E-state index contributed by atoms with van der Waals surface area (Å²) in [6.07, 6.45) is 1.61. The molecule has 2 amide bonds. The topological polar surface area (TPSA) is 71.3 Å². The Morgan fingerprint density at radius 2 is 2.05 bits per heavy atom. The van der Waals surface area contributed by atoms with Gasteiger partial charge in [-0.15, -0.1) is 0 Å². The maximum atomic E-state index is 11.9. The van der Waals surface area contributed by atoms with E-state index < -0.39 is 10.8 Å². The highest BCUT2D eigenvalue weighted by atomic mass is 35.5. The summed E-state index contributed by atoms with van der Waals surface area (Å²) in [5.41, 5.74) is 0.725. The van der Waals surface area contributed by atoms with E-state index >= 15 is 0 Å². The number of rotatable bonds is 5. The fourth-order valence-electron chi connectivity index (χ4n) is 2.18. The van der Waals surface area contributed by atoms with Crippen LogP contribution in [0.5, 0.6) is 0 Å². The molecule has 1 aromatic carbocycles. The second-order valence-electron chi connectivity index (χ2n) is 5.31. The Balaban J connectivity index is 1.99. The molecule has 2 aromatic rings. The average molecular weight is 343 g/mol. The number of nitrogens with one attached hydrogen (secondary N) is 2. The highest BCUT2D eigenvalue weighted by molar-refractivity contribution is 7.84. The third-order valence-corrected chi connectivity index (χ3v) is 4.34. The van der Waals surface area contributed by atoms with Crippen molar-refractivity contribution in [3.05, 3.63) is 35.0 Å². The minimum atomic E-state index is -0.947. The molecule has 5 nitrogen and oxygen atoms in total. The van der Waals surface area contributed by atoms with Crippen molar-refractivity contribution in [2.75, 3.05) is 12.0 Å². The molecule has 0 radical (unpaired) electrons. The Morgan fingerprint density at radius 3 is 2.73 bits per heavy atom. The molecule has 0 unspecified atom stereocenters. The number of halogens is 1. The van der Waals surface area contributed by atoms with Crippen molar-refractivity contribution in [3.8, 4) is 0 Å². The molecule has 1 aromatic heterocycles. The number of carbonyl (C=O) groups is 1. The van der Waals surface area contributed by atoms with Crippen LogP contribution in [0.3, 0.4) is 0 Å². The van der Waals surface area contributed by atoms with Gasteiger partial charge < -0.3 is 15.1 Å². The summed E-state index contributed by atoms with van der Waals surface area (Å²) >= 11 is 5.94. The second kappa shape index (κ2) is 7.15. The van der Waals surface area contributed by atoms with E-state index in [1.807, 2.05) is 26.0 Å². The smallest absolute Gasteiger partial charge is 0.315 e. The van der Waals surface area contributed by atoms with Gasteiger partial charge in [0.05, 0.1) is 6.04 Å². The maximum Gasteiger partial charge on any atom is 0.315 e. The van der Waals surface area contributed by atoms with Crippen molar-refractivity contribution >= 4 is 39.4 Å². The first-order valence-corrected chi connectivity index (χ1v) is 9.01. The van der Waals surface area contributed by atoms with Gasteiger partial charge in [0.15, 0.2) is 0 Å². The van der Waals surface area contributed by atoms with E-state index in [0.717, 1.165) is 11.0 Å². The van der Waals surface area contributed by atoms with E-state index in [2.05, 4.69) is 10.6 Å². The van der Waals surface area contributed by atoms with Crippen LogP contribution in [0.4, 0.5) is 4.79 Å². The Hall–Kier alpha value is -1.53. The van der Waals surface area contributed by atoms with Gasteiger partial charge in [-0.1, -0.05) is 11.6 Å². The molecule has 1 heterocycles. The van der Waals surface area contributed by atoms with Crippen LogP contribution in [0.1, 0.15) is 25.6 Å². The molecule has 2 N–H and O–H groups in total. The van der Waals surface area contributed by atoms with Gasteiger partial charge in [0.25, 0.3) is 0 Å². The van der Waals surface area contributed by atoms with Gasteiger partial charge in [-0.3, -0.25) is 4.21 Å². The van der Waals surface area contributed by atoms with Crippen LogP contribution in [0, 0.1) is 0 Å². The van der Waals surface area contributed by atoms with E-state index in [1.54, 1.807) is 18.4 Å². The molecular formula is C15H19ClN2O3S. The molecule has 2 rings (SSSR count). The minimum absolute atomic E-state index is 0.160. The fraction of sp³-hybridized carbons (Fsp3) is 0.400. The van der Waals surface area contributed by atoms with Crippen LogP contribution in [0.25, 0.3) is 11.0 Å². The number of amides is 2. The van der Waals surface area contributed by atoms with Crippen LogP contribution in [-0.2, 0) is 10.8 Å². The Kier molecular flexibility index (Phi) is 5.47. The summed E-state index contributed by atoms with van der Waals surface area (Å²) in [4.78, 5) is 11.9. The summed E-state index contributed by atoms with van der Waals surface area (Å²) in [7, 11) is -0.947. The van der Waals surface area contributed by atoms with Crippen molar-refractivity contribution in [2.24, 2.45) is 0 Å². The maximum absolute atomic E-state index is 11.9. The molecule has 0 aliphatic heterocycles. The van der Waals surface area contributed by atoms with Crippen molar-refractivity contribution < 1.29 is 13.4 Å². The number of hydrogen-bond donors (Lipinski definition) is 2. The predicted molar refractivity (Wildman–Crippen MR) is 89.7 cm³/mol. The summed E-state index contributed by atoms with van der Waals surface area (Å²) in [6.45, 7) is 3.65. The Morgan fingerprint density at radius 1 is 1.32 bits per heavy atom. The molecule has 120 valence electrons. The molecule has 0 spiro atoms. The monoisotopic (exact) mass is 342 g/mol. The van der Waals surface area contributed by atoms with E-state index in [4.69, 9.17) is 16.0 Å². The molecule has 3 atom stereocenters. The molecule has 0 saturated heterocycles. The van der Waals surface area contributed by atoms with E-state index in [0.29, 0.717) is 16.5 Å². The largest absolute Gasteiger partial charge is 0.459 e. The third-order valence-electron chi connectivity index (χ3n) is 3.13. The number of furan rings is 1. The molecule has 0 bridgehead atoms. The normalized spacial score (nSPS) is 15.3. The van der Waals surface area contributed by atoms with Crippen LogP contribution in [0.15, 0.2) is 28.7 Å². The number of carbonyl (C=O) groups excluding carboxylic acids is 1. The van der Waals surface area contributed by atoms with Crippen LogP contribution < -0.4 is 10.6 Å². The predicted octanol–water partition coefficient (Wildman–Crippen LogP) is 3.21. The number of hydrogen-bond acceptors (Lipinski definition) is 3. The minimum Gasteiger partial charge on any atom is -0.459 e. The number of fused-ring (bicyclic) bond motifs is 1. The zero-order valence-corrected chi connectivity index (χ0v) is 14.3. The van der Waals surface area contributed by atoms with Crippen LogP contribution in [-0.4, -0.2) is 28.3 Å². The van der Waals surface area contributed by atoms with Gasteiger partial charge in [-0.25, -0.2) is 4.79 Å². The molecule has 7 heteroatoms. The number of urea groups is 1. The lowest BCUT2D eigenvalue weighted by Gasteiger charge is -2.16. The van der Waals surface area contributed by atoms with Crippen LogP contribution in [0.2, 0.25) is 5.02 Å². The van der Waals surface area contributed by atoms with Gasteiger partial charge in [0.1, 0.15) is 11.3 Å². The average Bonchev–Trinajstić information content (AvgIpc) is 2.80. The van der Waals surface area contributed by atoms with E-state index in [1.165, 1.54) is 0 Å². The zero-order valence-electron chi connectivity index (χ0n) is 12.7. The van der Waals surface area contributed by atoms with Crippen molar-refractivity contribution in [3.63, 3.8) is 0 Å². The van der Waals surface area contributed by atoms with Gasteiger partial charge >= 0.3 is 6.03 Å². The van der Waals surface area contributed by atoms with Crippen molar-refractivity contribution in [2.45, 2.75) is 25.9 Å².